The molecule has 6 aromatic carbocycles. The molecule has 0 saturated heterocycles. The Balaban J connectivity index is 1.58. The van der Waals surface area contributed by atoms with E-state index in [4.69, 9.17) is 0 Å². The first-order chi connectivity index (χ1) is 18.2. The van der Waals surface area contributed by atoms with E-state index in [9.17, 15) is 0 Å². The van der Waals surface area contributed by atoms with E-state index in [1.54, 1.807) is 0 Å². The summed E-state index contributed by atoms with van der Waals surface area (Å²) in [5.74, 6) is 0. The summed E-state index contributed by atoms with van der Waals surface area (Å²) in [6.45, 7) is 2.41. The number of hydrogen-bond donors (Lipinski definition) is 0. The summed E-state index contributed by atoms with van der Waals surface area (Å²) in [4.78, 5) is 0. The van der Waals surface area contributed by atoms with Crippen LogP contribution in [-0.4, -0.2) is 4.57 Å². The Morgan fingerprint density at radius 1 is 0.541 bits per heavy atom. The van der Waals surface area contributed by atoms with E-state index in [-0.39, 0.29) is 5.41 Å². The summed E-state index contributed by atoms with van der Waals surface area (Å²) in [5.41, 5.74) is 10.2. The molecule has 1 unspecified atom stereocenters. The molecule has 8 rings (SSSR count). The largest absolute Gasteiger partial charge is 0.309 e. The van der Waals surface area contributed by atoms with Crippen LogP contribution in [0.2, 0.25) is 0 Å². The van der Waals surface area contributed by atoms with Crippen LogP contribution in [-0.2, 0) is 5.41 Å². The summed E-state index contributed by atoms with van der Waals surface area (Å²) in [7, 11) is 0. The minimum atomic E-state index is -0.268. The molecule has 0 fully saturated rings. The van der Waals surface area contributed by atoms with Crippen LogP contribution in [0, 0.1) is 0 Å². The Morgan fingerprint density at radius 3 is 2.16 bits per heavy atom. The Kier molecular flexibility index (Phi) is 4.14. The van der Waals surface area contributed by atoms with E-state index in [2.05, 4.69) is 145 Å². The highest BCUT2D eigenvalue weighted by Gasteiger charge is 2.43. The van der Waals surface area contributed by atoms with Crippen molar-refractivity contribution in [1.29, 1.82) is 0 Å². The molecule has 1 aliphatic rings. The second kappa shape index (κ2) is 7.44. The van der Waals surface area contributed by atoms with E-state index in [1.807, 2.05) is 0 Å². The summed E-state index contributed by atoms with van der Waals surface area (Å²) < 4.78 is 2.50. The maximum atomic E-state index is 2.50. The zero-order chi connectivity index (χ0) is 24.6. The molecule has 0 saturated carbocycles. The number of fused-ring (bicyclic) bond motifs is 8. The lowest BCUT2D eigenvalue weighted by Crippen LogP contribution is -2.23. The van der Waals surface area contributed by atoms with Crippen LogP contribution in [0.5, 0.6) is 0 Å². The highest BCUT2D eigenvalue weighted by Crippen LogP contribution is 2.55. The molecule has 7 aromatic rings. The van der Waals surface area contributed by atoms with Gasteiger partial charge in [-0.25, -0.2) is 0 Å². The van der Waals surface area contributed by atoms with Crippen molar-refractivity contribution in [2.45, 2.75) is 12.3 Å². The number of para-hydroxylation sites is 1. The van der Waals surface area contributed by atoms with Crippen molar-refractivity contribution in [3.8, 4) is 16.8 Å². The highest BCUT2D eigenvalue weighted by atomic mass is 15.0. The minimum Gasteiger partial charge on any atom is -0.309 e. The smallest absolute Gasteiger partial charge is 0.0591 e. The molecule has 0 spiro atoms. The Bertz CT molecular complexity index is 1990. The fourth-order valence-corrected chi connectivity index (χ4v) is 6.73. The quantitative estimate of drug-likeness (QED) is 0.237. The first kappa shape index (κ1) is 20.6. The van der Waals surface area contributed by atoms with Gasteiger partial charge >= 0.3 is 0 Å². The van der Waals surface area contributed by atoms with E-state index in [1.165, 1.54) is 66.1 Å². The molecule has 0 amide bonds. The van der Waals surface area contributed by atoms with Crippen LogP contribution in [0.15, 0.2) is 133 Å². The molecule has 37 heavy (non-hydrogen) atoms. The molecule has 0 N–H and O–H groups in total. The van der Waals surface area contributed by atoms with Crippen molar-refractivity contribution < 1.29 is 0 Å². The SMILES string of the molecule is CC1(c2ccccc2)c2ccccc2-c2ccc3c4ccccc4n(-c4ccc5ccccc5c4)c3c21. The third-order valence-electron chi connectivity index (χ3n) is 8.43. The third kappa shape index (κ3) is 2.69. The number of benzene rings is 6. The van der Waals surface area contributed by atoms with Crippen LogP contribution in [0.25, 0.3) is 49.4 Å². The van der Waals surface area contributed by atoms with E-state index in [0.717, 1.165) is 0 Å². The monoisotopic (exact) mass is 471 g/mol. The third-order valence-corrected chi connectivity index (χ3v) is 8.43. The first-order valence-electron chi connectivity index (χ1n) is 13.0. The van der Waals surface area contributed by atoms with Crippen LogP contribution >= 0.6 is 0 Å². The van der Waals surface area contributed by atoms with Gasteiger partial charge in [-0.05, 0) is 63.7 Å². The molecule has 1 aromatic heterocycles. The molecule has 1 heteroatoms. The van der Waals surface area contributed by atoms with Gasteiger partial charge in [0.05, 0.1) is 11.0 Å². The molecular formula is C36H25N. The maximum Gasteiger partial charge on any atom is 0.0591 e. The van der Waals surface area contributed by atoms with Crippen LogP contribution in [0.3, 0.4) is 0 Å². The van der Waals surface area contributed by atoms with Crippen molar-refractivity contribution >= 4 is 32.6 Å². The average molecular weight is 472 g/mol. The van der Waals surface area contributed by atoms with Crippen molar-refractivity contribution in [3.05, 3.63) is 150 Å². The van der Waals surface area contributed by atoms with Gasteiger partial charge in [0, 0.05) is 21.9 Å². The summed E-state index contributed by atoms with van der Waals surface area (Å²) in [6, 6.07) is 49.0. The summed E-state index contributed by atoms with van der Waals surface area (Å²) >= 11 is 0. The van der Waals surface area contributed by atoms with E-state index in [0.29, 0.717) is 0 Å². The van der Waals surface area contributed by atoms with Crippen molar-refractivity contribution in [2.24, 2.45) is 0 Å². The molecule has 0 bridgehead atoms. The predicted octanol–water partition coefficient (Wildman–Crippen LogP) is 9.27. The van der Waals surface area contributed by atoms with Crippen LogP contribution < -0.4 is 0 Å². The van der Waals surface area contributed by atoms with Gasteiger partial charge in [0.1, 0.15) is 0 Å². The lowest BCUT2D eigenvalue weighted by Gasteiger charge is -2.29. The molecule has 174 valence electrons. The lowest BCUT2D eigenvalue weighted by atomic mass is 9.73. The minimum absolute atomic E-state index is 0.268. The van der Waals surface area contributed by atoms with Gasteiger partial charge in [-0.15, -0.1) is 0 Å². The average Bonchev–Trinajstić information content (AvgIpc) is 3.44. The zero-order valence-corrected chi connectivity index (χ0v) is 20.6. The van der Waals surface area contributed by atoms with Gasteiger partial charge < -0.3 is 4.57 Å². The van der Waals surface area contributed by atoms with Crippen molar-refractivity contribution in [2.75, 3.05) is 0 Å². The van der Waals surface area contributed by atoms with Crippen molar-refractivity contribution in [1.82, 2.24) is 4.57 Å². The van der Waals surface area contributed by atoms with Gasteiger partial charge in [0.25, 0.3) is 0 Å². The second-order valence-electron chi connectivity index (χ2n) is 10.3. The van der Waals surface area contributed by atoms with Crippen LogP contribution in [0.1, 0.15) is 23.6 Å². The fraction of sp³-hybridized carbons (Fsp3) is 0.0556. The number of rotatable bonds is 2. The molecule has 1 atom stereocenters. The molecule has 0 aliphatic heterocycles. The topological polar surface area (TPSA) is 4.93 Å². The molecule has 1 aliphatic carbocycles. The molecular weight excluding hydrogens is 446 g/mol. The zero-order valence-electron chi connectivity index (χ0n) is 20.6. The fourth-order valence-electron chi connectivity index (χ4n) is 6.73. The highest BCUT2D eigenvalue weighted by molar-refractivity contribution is 6.13. The van der Waals surface area contributed by atoms with Gasteiger partial charge in [-0.2, -0.15) is 0 Å². The molecule has 1 heterocycles. The van der Waals surface area contributed by atoms with Gasteiger partial charge in [-0.3, -0.25) is 0 Å². The summed E-state index contributed by atoms with van der Waals surface area (Å²) in [5, 5.41) is 5.11. The van der Waals surface area contributed by atoms with Gasteiger partial charge in [-0.1, -0.05) is 115 Å². The predicted molar refractivity (Wildman–Crippen MR) is 156 cm³/mol. The normalized spacial score (nSPS) is 16.4. The first-order valence-corrected chi connectivity index (χ1v) is 13.0. The number of hydrogen-bond acceptors (Lipinski definition) is 0. The standard InChI is InChI=1S/C36H25N/c1-36(26-13-3-2-4-14-26)32-17-9-7-15-28(32)30-21-22-31-29-16-8-10-18-33(29)37(35(31)34(30)36)27-20-19-24-11-5-6-12-25(24)23-27/h2-23H,1H3. The Labute approximate surface area is 216 Å². The van der Waals surface area contributed by atoms with E-state index >= 15 is 0 Å². The second-order valence-corrected chi connectivity index (χ2v) is 10.3. The summed E-state index contributed by atoms with van der Waals surface area (Å²) in [6.07, 6.45) is 0. The Morgan fingerprint density at radius 2 is 1.27 bits per heavy atom. The van der Waals surface area contributed by atoms with Crippen LogP contribution in [0.4, 0.5) is 0 Å². The maximum absolute atomic E-state index is 2.50. The lowest BCUT2D eigenvalue weighted by molar-refractivity contribution is 0.717. The van der Waals surface area contributed by atoms with E-state index < -0.39 is 0 Å². The molecule has 1 nitrogen and oxygen atoms in total. The molecule has 0 radical (unpaired) electrons. The van der Waals surface area contributed by atoms with Gasteiger partial charge in [0.15, 0.2) is 0 Å². The number of aromatic nitrogens is 1. The van der Waals surface area contributed by atoms with Gasteiger partial charge in [0.2, 0.25) is 0 Å². The Hall–Kier alpha value is -4.62. The van der Waals surface area contributed by atoms with Crippen molar-refractivity contribution in [3.63, 3.8) is 0 Å². The number of nitrogens with zero attached hydrogens (tertiary/aromatic N) is 1.